The van der Waals surface area contributed by atoms with E-state index in [0.717, 1.165) is 22.9 Å². The van der Waals surface area contributed by atoms with Crippen LogP contribution in [0.25, 0.3) is 21.3 Å². The molecule has 0 radical (unpaired) electrons. The Morgan fingerprint density at radius 2 is 1.86 bits per heavy atom. The van der Waals surface area contributed by atoms with E-state index >= 15 is 0 Å². The molecule has 3 aromatic rings. The molecular weight excluding hydrogens is 308 g/mol. The van der Waals surface area contributed by atoms with Crippen molar-refractivity contribution in [1.82, 2.24) is 9.97 Å². The van der Waals surface area contributed by atoms with Crippen LogP contribution >= 0.6 is 11.3 Å². The number of nitrogens with one attached hydrogen (secondary N) is 1. The van der Waals surface area contributed by atoms with Crippen LogP contribution in [0.2, 0.25) is 0 Å². The van der Waals surface area contributed by atoms with Gasteiger partial charge in [0.05, 0.1) is 5.39 Å². The van der Waals surface area contributed by atoms with Crippen molar-refractivity contribution in [3.05, 3.63) is 45.6 Å². The molecule has 108 valence electrons. The smallest absolute Gasteiger partial charge is 0.261 e. The lowest BCUT2D eigenvalue weighted by Crippen LogP contribution is -2.14. The van der Waals surface area contributed by atoms with Crippen LogP contribution in [0.3, 0.4) is 0 Å². The molecule has 0 aliphatic carbocycles. The SMILES string of the molecule is Cc1ccc(-c2csc3nc(S(C)(=O)=O)[nH]c(=O)c23)cc1. The molecule has 21 heavy (non-hydrogen) atoms. The Morgan fingerprint density at radius 3 is 2.48 bits per heavy atom. The molecule has 0 aliphatic heterocycles. The maximum Gasteiger partial charge on any atom is 0.261 e. The number of nitrogens with zero attached hydrogens (tertiary/aromatic N) is 1. The largest absolute Gasteiger partial charge is 0.297 e. The summed E-state index contributed by atoms with van der Waals surface area (Å²) in [5.74, 6) is 0. The van der Waals surface area contributed by atoms with Gasteiger partial charge in [-0.2, -0.15) is 0 Å². The van der Waals surface area contributed by atoms with Crippen molar-refractivity contribution in [2.45, 2.75) is 12.1 Å². The van der Waals surface area contributed by atoms with Crippen molar-refractivity contribution in [2.24, 2.45) is 0 Å². The number of fused-ring (bicyclic) bond motifs is 1. The number of aromatic nitrogens is 2. The van der Waals surface area contributed by atoms with Gasteiger partial charge in [-0.15, -0.1) is 11.3 Å². The number of H-pyrrole nitrogens is 1. The highest BCUT2D eigenvalue weighted by Crippen LogP contribution is 2.31. The highest BCUT2D eigenvalue weighted by Gasteiger charge is 2.17. The molecule has 2 heterocycles. The minimum atomic E-state index is -3.54. The average Bonchev–Trinajstić information content (AvgIpc) is 2.83. The number of aromatic amines is 1. The minimum Gasteiger partial charge on any atom is -0.297 e. The first-order valence-electron chi connectivity index (χ1n) is 6.15. The minimum absolute atomic E-state index is 0.294. The van der Waals surface area contributed by atoms with Crippen molar-refractivity contribution in [3.8, 4) is 11.1 Å². The van der Waals surface area contributed by atoms with Crippen LogP contribution in [0, 0.1) is 6.92 Å². The zero-order valence-electron chi connectivity index (χ0n) is 11.4. The quantitative estimate of drug-likeness (QED) is 0.735. The van der Waals surface area contributed by atoms with Gasteiger partial charge in [-0.3, -0.25) is 9.78 Å². The molecule has 0 atom stereocenters. The van der Waals surface area contributed by atoms with E-state index in [1.54, 1.807) is 0 Å². The van der Waals surface area contributed by atoms with E-state index in [9.17, 15) is 13.2 Å². The van der Waals surface area contributed by atoms with Gasteiger partial charge in [-0.05, 0) is 12.5 Å². The zero-order chi connectivity index (χ0) is 15.2. The van der Waals surface area contributed by atoms with Crippen LogP contribution in [0.15, 0.2) is 39.6 Å². The van der Waals surface area contributed by atoms with Crippen LogP contribution in [-0.4, -0.2) is 24.6 Å². The number of benzene rings is 1. The summed E-state index contributed by atoms with van der Waals surface area (Å²) >= 11 is 1.26. The lowest BCUT2D eigenvalue weighted by Gasteiger charge is -2.01. The van der Waals surface area contributed by atoms with E-state index in [0.29, 0.717) is 10.2 Å². The van der Waals surface area contributed by atoms with E-state index in [-0.39, 0.29) is 5.16 Å². The summed E-state index contributed by atoms with van der Waals surface area (Å²) < 4.78 is 23.0. The van der Waals surface area contributed by atoms with Gasteiger partial charge in [0, 0.05) is 17.2 Å². The molecular formula is C14H12N2O3S2. The van der Waals surface area contributed by atoms with Gasteiger partial charge < -0.3 is 0 Å². The number of hydrogen-bond donors (Lipinski definition) is 1. The fourth-order valence-corrected chi connectivity index (χ4v) is 3.59. The summed E-state index contributed by atoms with van der Waals surface area (Å²) in [6.07, 6.45) is 1.02. The van der Waals surface area contributed by atoms with E-state index < -0.39 is 15.4 Å². The first kappa shape index (κ1) is 14.0. The summed E-state index contributed by atoms with van der Waals surface area (Å²) in [5, 5.41) is 1.96. The molecule has 0 fully saturated rings. The van der Waals surface area contributed by atoms with Crippen molar-refractivity contribution in [2.75, 3.05) is 6.26 Å². The highest BCUT2D eigenvalue weighted by atomic mass is 32.2. The molecule has 5 nitrogen and oxygen atoms in total. The Hall–Kier alpha value is -1.99. The second kappa shape index (κ2) is 4.78. The van der Waals surface area contributed by atoms with Gasteiger partial charge in [0.25, 0.3) is 5.56 Å². The third-order valence-electron chi connectivity index (χ3n) is 3.14. The van der Waals surface area contributed by atoms with Crippen LogP contribution in [0.4, 0.5) is 0 Å². The standard InChI is InChI=1S/C14H12N2O3S2/c1-8-3-5-9(6-4-8)10-7-20-13-11(10)12(17)15-14(16-13)21(2,18)19/h3-7H,1-2H3,(H,15,16,17). The van der Waals surface area contributed by atoms with Gasteiger partial charge >= 0.3 is 0 Å². The molecule has 0 bridgehead atoms. The molecule has 0 spiro atoms. The maximum absolute atomic E-state index is 12.2. The lowest BCUT2D eigenvalue weighted by molar-refractivity contribution is 0.593. The van der Waals surface area contributed by atoms with Crippen LogP contribution < -0.4 is 5.56 Å². The monoisotopic (exact) mass is 320 g/mol. The maximum atomic E-state index is 12.2. The van der Waals surface area contributed by atoms with Crippen molar-refractivity contribution >= 4 is 31.4 Å². The molecule has 2 aromatic heterocycles. The molecule has 1 N–H and O–H groups in total. The summed E-state index contributed by atoms with van der Waals surface area (Å²) in [4.78, 5) is 19.0. The van der Waals surface area contributed by atoms with Crippen molar-refractivity contribution in [1.29, 1.82) is 0 Å². The van der Waals surface area contributed by atoms with Gasteiger partial charge in [-0.1, -0.05) is 29.8 Å². The third kappa shape index (κ3) is 2.50. The Kier molecular flexibility index (Phi) is 3.18. The van der Waals surface area contributed by atoms with Crippen LogP contribution in [0.5, 0.6) is 0 Å². The molecule has 3 rings (SSSR count). The van der Waals surface area contributed by atoms with Gasteiger partial charge in [0.2, 0.25) is 15.0 Å². The van der Waals surface area contributed by atoms with Gasteiger partial charge in [-0.25, -0.2) is 13.4 Å². The van der Waals surface area contributed by atoms with E-state index in [2.05, 4.69) is 9.97 Å². The molecule has 1 aromatic carbocycles. The molecule has 0 saturated carbocycles. The Labute approximate surface area is 125 Å². The molecule has 0 amide bonds. The molecule has 0 saturated heterocycles. The lowest BCUT2D eigenvalue weighted by atomic mass is 10.1. The number of rotatable bonds is 2. The first-order valence-corrected chi connectivity index (χ1v) is 8.92. The average molecular weight is 320 g/mol. The summed E-state index contributed by atoms with van der Waals surface area (Å²) in [5.41, 5.74) is 2.37. The number of sulfone groups is 1. The number of hydrogen-bond acceptors (Lipinski definition) is 5. The normalized spacial score (nSPS) is 11.9. The Balaban J connectivity index is 2.29. The molecule has 0 aliphatic rings. The van der Waals surface area contributed by atoms with Gasteiger partial charge in [0.15, 0.2) is 0 Å². The predicted molar refractivity (Wildman–Crippen MR) is 83.5 cm³/mol. The van der Waals surface area contributed by atoms with Crippen LogP contribution in [-0.2, 0) is 9.84 Å². The second-order valence-corrected chi connectivity index (χ2v) is 7.63. The summed E-state index contributed by atoms with van der Waals surface area (Å²) in [6.45, 7) is 1.99. The van der Waals surface area contributed by atoms with E-state index in [4.69, 9.17) is 0 Å². The second-order valence-electron chi connectivity index (χ2n) is 4.84. The highest BCUT2D eigenvalue weighted by molar-refractivity contribution is 7.90. The summed E-state index contributed by atoms with van der Waals surface area (Å²) in [7, 11) is -3.54. The van der Waals surface area contributed by atoms with Crippen LogP contribution in [0.1, 0.15) is 5.56 Å². The Bertz CT molecular complexity index is 983. The van der Waals surface area contributed by atoms with Gasteiger partial charge in [0.1, 0.15) is 4.83 Å². The number of thiophene rings is 1. The topological polar surface area (TPSA) is 79.9 Å². The zero-order valence-corrected chi connectivity index (χ0v) is 13.0. The van der Waals surface area contributed by atoms with E-state index in [1.807, 2.05) is 36.6 Å². The first-order chi connectivity index (χ1) is 9.86. The molecule has 0 unspecified atom stereocenters. The summed E-state index contributed by atoms with van der Waals surface area (Å²) in [6, 6.07) is 7.79. The predicted octanol–water partition coefficient (Wildman–Crippen LogP) is 2.36. The van der Waals surface area contributed by atoms with Crippen molar-refractivity contribution in [3.63, 3.8) is 0 Å². The fraction of sp³-hybridized carbons (Fsp3) is 0.143. The fourth-order valence-electron chi connectivity index (χ4n) is 2.05. The Morgan fingerprint density at radius 1 is 1.19 bits per heavy atom. The van der Waals surface area contributed by atoms with E-state index in [1.165, 1.54) is 11.3 Å². The molecule has 7 heteroatoms. The number of aryl methyl sites for hydroxylation is 1. The third-order valence-corrected chi connectivity index (χ3v) is 4.90. The van der Waals surface area contributed by atoms with Crippen molar-refractivity contribution < 1.29 is 8.42 Å².